The average Bonchev–Trinajstić information content (AvgIpc) is 2.87. The number of benzene rings is 2. The van der Waals surface area contributed by atoms with E-state index in [0.29, 0.717) is 29.0 Å². The summed E-state index contributed by atoms with van der Waals surface area (Å²) in [6, 6.07) is 15.2. The summed E-state index contributed by atoms with van der Waals surface area (Å²) in [6.07, 6.45) is 0. The second-order valence-electron chi connectivity index (χ2n) is 7.72. The van der Waals surface area contributed by atoms with Gasteiger partial charge in [0, 0.05) is 31.4 Å². The van der Waals surface area contributed by atoms with Crippen LogP contribution in [-0.4, -0.2) is 32.5 Å². The molecule has 1 aliphatic heterocycles. The zero-order valence-corrected chi connectivity index (χ0v) is 16.4. The van der Waals surface area contributed by atoms with Crippen LogP contribution in [-0.2, 0) is 10.5 Å². The van der Waals surface area contributed by atoms with Crippen molar-refractivity contribution in [2.24, 2.45) is 0 Å². The smallest absolute Gasteiger partial charge is 0.254 e. The third-order valence-corrected chi connectivity index (χ3v) is 6.14. The van der Waals surface area contributed by atoms with Crippen molar-refractivity contribution >= 4 is 14.0 Å². The van der Waals surface area contributed by atoms with Gasteiger partial charge in [0.2, 0.25) is 0 Å². The Morgan fingerprint density at radius 2 is 1.77 bits per heavy atom. The van der Waals surface area contributed by atoms with Crippen LogP contribution in [0, 0.1) is 0 Å². The van der Waals surface area contributed by atoms with E-state index < -0.39 is 13.8 Å². The lowest BCUT2D eigenvalue weighted by Crippen LogP contribution is -2.40. The van der Waals surface area contributed by atoms with Gasteiger partial charge < -0.3 is 19.9 Å². The molecule has 0 radical (unpaired) electrons. The molecule has 26 heavy (non-hydrogen) atoms. The maximum Gasteiger partial charge on any atom is 0.254 e. The minimum atomic E-state index is -1.51. The molecule has 0 fully saturated rings. The SMILES string of the molecule is C[Si](C)(C)CCOCOc1ccc(C2(O)NC(=O)c3ccccc32)cc1. The number of carbonyl (C=O) groups is 1. The zero-order chi connectivity index (χ0) is 18.8. The molecule has 1 heterocycles. The maximum absolute atomic E-state index is 12.1. The lowest BCUT2D eigenvalue weighted by molar-refractivity contribution is 0.0219. The number of amides is 1. The van der Waals surface area contributed by atoms with Crippen molar-refractivity contribution < 1.29 is 19.4 Å². The Morgan fingerprint density at radius 3 is 2.46 bits per heavy atom. The Bertz CT molecular complexity index is 785. The van der Waals surface area contributed by atoms with Crippen molar-refractivity contribution in [2.75, 3.05) is 13.4 Å². The number of hydrogen-bond acceptors (Lipinski definition) is 4. The molecule has 0 aliphatic carbocycles. The molecule has 138 valence electrons. The minimum Gasteiger partial charge on any atom is -0.468 e. The Morgan fingerprint density at radius 1 is 1.08 bits per heavy atom. The highest BCUT2D eigenvalue weighted by molar-refractivity contribution is 6.76. The van der Waals surface area contributed by atoms with E-state index in [1.165, 1.54) is 0 Å². The van der Waals surface area contributed by atoms with Gasteiger partial charge >= 0.3 is 0 Å². The van der Waals surface area contributed by atoms with Gasteiger partial charge in [-0.2, -0.15) is 0 Å². The van der Waals surface area contributed by atoms with Crippen LogP contribution in [0.2, 0.25) is 25.7 Å². The summed E-state index contributed by atoms with van der Waals surface area (Å²) in [5.74, 6) is 0.377. The van der Waals surface area contributed by atoms with Gasteiger partial charge in [0.1, 0.15) is 5.75 Å². The van der Waals surface area contributed by atoms with Crippen LogP contribution in [0.1, 0.15) is 21.5 Å². The molecule has 0 saturated heterocycles. The summed E-state index contributed by atoms with van der Waals surface area (Å²) in [7, 11) is -1.09. The average molecular weight is 372 g/mol. The normalized spacial score (nSPS) is 19.2. The summed E-state index contributed by atoms with van der Waals surface area (Å²) in [5.41, 5.74) is 0.127. The second-order valence-corrected chi connectivity index (χ2v) is 13.3. The zero-order valence-electron chi connectivity index (χ0n) is 15.4. The van der Waals surface area contributed by atoms with Crippen LogP contribution in [0.4, 0.5) is 0 Å². The van der Waals surface area contributed by atoms with Crippen molar-refractivity contribution in [3.8, 4) is 5.75 Å². The van der Waals surface area contributed by atoms with Gasteiger partial charge in [-0.1, -0.05) is 50.0 Å². The van der Waals surface area contributed by atoms with Crippen LogP contribution >= 0.6 is 0 Å². The van der Waals surface area contributed by atoms with Gasteiger partial charge in [-0.25, -0.2) is 0 Å². The molecule has 0 aromatic heterocycles. The third-order valence-electron chi connectivity index (χ3n) is 4.43. The minimum absolute atomic E-state index is 0.202. The fourth-order valence-electron chi connectivity index (χ4n) is 2.86. The van der Waals surface area contributed by atoms with Gasteiger partial charge in [0.05, 0.1) is 0 Å². The number of ether oxygens (including phenoxy) is 2. The number of hydrogen-bond donors (Lipinski definition) is 2. The van der Waals surface area contributed by atoms with E-state index in [1.54, 1.807) is 48.5 Å². The monoisotopic (exact) mass is 371 g/mol. The molecule has 6 heteroatoms. The topological polar surface area (TPSA) is 67.8 Å². The first-order valence-corrected chi connectivity index (χ1v) is 12.5. The lowest BCUT2D eigenvalue weighted by atomic mass is 9.94. The fourth-order valence-corrected chi connectivity index (χ4v) is 3.62. The molecule has 0 spiro atoms. The van der Waals surface area contributed by atoms with Gasteiger partial charge in [0.25, 0.3) is 5.91 Å². The van der Waals surface area contributed by atoms with Crippen LogP contribution < -0.4 is 10.1 Å². The van der Waals surface area contributed by atoms with Crippen molar-refractivity contribution in [2.45, 2.75) is 31.4 Å². The van der Waals surface area contributed by atoms with Crippen molar-refractivity contribution in [1.82, 2.24) is 5.32 Å². The number of rotatable bonds is 7. The van der Waals surface area contributed by atoms with Crippen LogP contribution in [0.5, 0.6) is 5.75 Å². The molecule has 5 nitrogen and oxygen atoms in total. The number of carbonyl (C=O) groups excluding carboxylic acids is 1. The summed E-state index contributed by atoms with van der Waals surface area (Å²) in [4.78, 5) is 12.1. The highest BCUT2D eigenvalue weighted by Crippen LogP contribution is 2.35. The Balaban J connectivity index is 1.63. The van der Waals surface area contributed by atoms with E-state index in [4.69, 9.17) is 9.47 Å². The van der Waals surface area contributed by atoms with E-state index in [9.17, 15) is 9.90 Å². The summed E-state index contributed by atoms with van der Waals surface area (Å²) >= 11 is 0. The molecule has 0 saturated carbocycles. The predicted molar refractivity (Wildman–Crippen MR) is 103 cm³/mol. The fraction of sp³-hybridized carbons (Fsp3) is 0.350. The van der Waals surface area contributed by atoms with Crippen molar-refractivity contribution in [3.05, 3.63) is 65.2 Å². The first-order valence-electron chi connectivity index (χ1n) is 8.75. The standard InChI is InChI=1S/C20H25NO4Si/c1-26(2,3)13-12-24-14-25-16-10-8-15(9-11-16)20(23)18-7-5-4-6-17(18)19(22)21-20/h4-11,23H,12-14H2,1-3H3,(H,21,22). The van der Waals surface area contributed by atoms with Crippen molar-refractivity contribution in [1.29, 1.82) is 0 Å². The highest BCUT2D eigenvalue weighted by Gasteiger charge is 2.42. The van der Waals surface area contributed by atoms with E-state index in [2.05, 4.69) is 25.0 Å². The maximum atomic E-state index is 12.1. The van der Waals surface area contributed by atoms with E-state index in [0.717, 1.165) is 6.04 Å². The highest BCUT2D eigenvalue weighted by atomic mass is 28.3. The Kier molecular flexibility index (Phi) is 5.18. The first-order chi connectivity index (χ1) is 12.3. The molecular weight excluding hydrogens is 346 g/mol. The van der Waals surface area contributed by atoms with E-state index >= 15 is 0 Å². The molecule has 2 N–H and O–H groups in total. The number of aliphatic hydroxyl groups is 1. The van der Waals surface area contributed by atoms with Crippen molar-refractivity contribution in [3.63, 3.8) is 0 Å². The second kappa shape index (κ2) is 7.23. The van der Waals surface area contributed by atoms with Gasteiger partial charge in [-0.05, 0) is 24.2 Å². The number of nitrogens with one attached hydrogen (secondary N) is 1. The molecule has 1 amide bonds. The molecule has 1 unspecified atom stereocenters. The Hall–Kier alpha value is -2.15. The first kappa shape index (κ1) is 18.6. The van der Waals surface area contributed by atoms with Gasteiger partial charge in [0.15, 0.2) is 12.5 Å². The van der Waals surface area contributed by atoms with Gasteiger partial charge in [-0.15, -0.1) is 0 Å². The number of fused-ring (bicyclic) bond motifs is 1. The Labute approximate surface area is 155 Å². The summed E-state index contributed by atoms with van der Waals surface area (Å²) < 4.78 is 11.1. The molecule has 1 aliphatic rings. The van der Waals surface area contributed by atoms with Gasteiger partial charge in [-0.3, -0.25) is 4.79 Å². The quantitative estimate of drug-likeness (QED) is 0.445. The summed E-state index contributed by atoms with van der Waals surface area (Å²) in [6.45, 7) is 7.83. The molecule has 0 bridgehead atoms. The third kappa shape index (κ3) is 3.98. The van der Waals surface area contributed by atoms with Crippen LogP contribution in [0.25, 0.3) is 0 Å². The predicted octanol–water partition coefficient (Wildman–Crippen LogP) is 3.31. The molecular formula is C20H25NO4Si. The summed E-state index contributed by atoms with van der Waals surface area (Å²) in [5, 5.41) is 13.7. The largest absolute Gasteiger partial charge is 0.468 e. The van der Waals surface area contributed by atoms with Crippen LogP contribution in [0.3, 0.4) is 0 Å². The molecule has 3 rings (SSSR count). The van der Waals surface area contributed by atoms with Crippen LogP contribution in [0.15, 0.2) is 48.5 Å². The lowest BCUT2D eigenvalue weighted by Gasteiger charge is -2.24. The molecule has 1 atom stereocenters. The van der Waals surface area contributed by atoms with E-state index in [1.807, 2.05) is 0 Å². The van der Waals surface area contributed by atoms with E-state index in [-0.39, 0.29) is 12.7 Å². The molecule has 2 aromatic carbocycles. The molecule has 2 aromatic rings.